The Morgan fingerprint density at radius 1 is 1.50 bits per heavy atom. The van der Waals surface area contributed by atoms with Gasteiger partial charge in [0.05, 0.1) is 12.7 Å². The highest BCUT2D eigenvalue weighted by molar-refractivity contribution is 7.99. The first-order valence-electron chi connectivity index (χ1n) is 5.02. The first kappa shape index (κ1) is 13.4. The molecule has 1 atom stereocenters. The summed E-state index contributed by atoms with van der Waals surface area (Å²) in [6, 6.07) is 4.90. The van der Waals surface area contributed by atoms with E-state index in [1.54, 1.807) is 13.1 Å². The number of thioether (sulfide) groups is 1. The normalized spacial score (nSPS) is 12.8. The van der Waals surface area contributed by atoms with Gasteiger partial charge in [0.1, 0.15) is 5.82 Å². The van der Waals surface area contributed by atoms with E-state index in [1.807, 2.05) is 6.07 Å². The molecule has 0 spiro atoms. The molecule has 5 heteroatoms. The highest BCUT2D eigenvalue weighted by Gasteiger charge is 2.10. The van der Waals surface area contributed by atoms with Crippen LogP contribution in [0, 0.1) is 5.82 Å². The average molecular weight is 245 g/mol. The number of rotatable bonds is 6. The summed E-state index contributed by atoms with van der Waals surface area (Å²) in [4.78, 5) is 0.532. The highest BCUT2D eigenvalue weighted by atomic mass is 32.2. The Balaban J connectivity index is 2.75. The Morgan fingerprint density at radius 3 is 2.88 bits per heavy atom. The molecule has 0 fully saturated rings. The van der Waals surface area contributed by atoms with Crippen LogP contribution in [-0.4, -0.2) is 35.7 Å². The molecular formula is C11H16FNO2S. The first-order chi connectivity index (χ1) is 7.69. The van der Waals surface area contributed by atoms with E-state index >= 15 is 0 Å². The second-order valence-electron chi connectivity index (χ2n) is 3.41. The van der Waals surface area contributed by atoms with Gasteiger partial charge >= 0.3 is 0 Å². The van der Waals surface area contributed by atoms with E-state index in [2.05, 4.69) is 5.32 Å². The molecule has 0 aliphatic carbocycles. The van der Waals surface area contributed by atoms with Gasteiger partial charge < -0.3 is 15.5 Å². The van der Waals surface area contributed by atoms with Crippen molar-refractivity contribution in [2.45, 2.75) is 17.5 Å². The van der Waals surface area contributed by atoms with Crippen molar-refractivity contribution in [1.82, 2.24) is 5.32 Å². The second-order valence-corrected chi connectivity index (χ2v) is 4.44. The standard InChI is InChI=1S/C11H16FNO2S/c1-13-5-8-3-2-4-10(12)11(8)16-7-9(15)6-14/h2-4,9,13-15H,5-7H2,1H3. The molecule has 3 N–H and O–H groups in total. The van der Waals surface area contributed by atoms with Crippen LogP contribution in [0.25, 0.3) is 0 Å². The fourth-order valence-electron chi connectivity index (χ4n) is 1.28. The fraction of sp³-hybridized carbons (Fsp3) is 0.455. The summed E-state index contributed by atoms with van der Waals surface area (Å²) in [6.45, 7) is 0.276. The van der Waals surface area contributed by atoms with E-state index in [4.69, 9.17) is 5.11 Å². The molecule has 0 aromatic heterocycles. The minimum Gasteiger partial charge on any atom is -0.394 e. The molecular weight excluding hydrogens is 229 g/mol. The third-order valence-electron chi connectivity index (χ3n) is 2.05. The van der Waals surface area contributed by atoms with Gasteiger partial charge in [0.25, 0.3) is 0 Å². The van der Waals surface area contributed by atoms with Crippen LogP contribution in [0.5, 0.6) is 0 Å². The van der Waals surface area contributed by atoms with E-state index in [-0.39, 0.29) is 18.2 Å². The number of halogens is 1. The Morgan fingerprint density at radius 2 is 2.25 bits per heavy atom. The number of aliphatic hydroxyl groups is 2. The Labute approximate surface area is 98.7 Å². The van der Waals surface area contributed by atoms with Gasteiger partial charge in [-0.05, 0) is 18.7 Å². The van der Waals surface area contributed by atoms with Gasteiger partial charge in [-0.25, -0.2) is 4.39 Å². The average Bonchev–Trinajstić information content (AvgIpc) is 2.28. The molecule has 90 valence electrons. The van der Waals surface area contributed by atoms with Crippen molar-refractivity contribution in [3.63, 3.8) is 0 Å². The quantitative estimate of drug-likeness (QED) is 0.654. The van der Waals surface area contributed by atoms with Crippen LogP contribution in [0.2, 0.25) is 0 Å². The van der Waals surface area contributed by atoms with Crippen LogP contribution >= 0.6 is 11.8 Å². The van der Waals surface area contributed by atoms with Crippen LogP contribution < -0.4 is 5.32 Å². The zero-order valence-corrected chi connectivity index (χ0v) is 9.93. The van der Waals surface area contributed by atoms with Crippen LogP contribution in [0.3, 0.4) is 0 Å². The van der Waals surface area contributed by atoms with Gasteiger partial charge in [-0.1, -0.05) is 12.1 Å². The summed E-state index contributed by atoms with van der Waals surface area (Å²) in [6.07, 6.45) is -0.813. The number of aliphatic hydroxyl groups excluding tert-OH is 2. The predicted octanol–water partition coefficient (Wildman–Crippen LogP) is 0.990. The maximum atomic E-state index is 13.5. The molecule has 0 saturated heterocycles. The molecule has 3 nitrogen and oxygen atoms in total. The molecule has 0 aliphatic rings. The zero-order chi connectivity index (χ0) is 12.0. The van der Waals surface area contributed by atoms with Gasteiger partial charge in [-0.15, -0.1) is 11.8 Å². The number of hydrogen-bond donors (Lipinski definition) is 3. The zero-order valence-electron chi connectivity index (χ0n) is 9.11. The topological polar surface area (TPSA) is 52.5 Å². The molecule has 1 unspecified atom stereocenters. The lowest BCUT2D eigenvalue weighted by atomic mass is 10.2. The van der Waals surface area contributed by atoms with Crippen molar-refractivity contribution >= 4 is 11.8 Å². The minimum absolute atomic E-state index is 0.286. The van der Waals surface area contributed by atoms with Crippen molar-refractivity contribution in [1.29, 1.82) is 0 Å². The summed E-state index contributed by atoms with van der Waals surface area (Å²) in [5, 5.41) is 20.9. The lowest BCUT2D eigenvalue weighted by molar-refractivity contribution is 0.113. The number of benzene rings is 1. The van der Waals surface area contributed by atoms with Crippen molar-refractivity contribution in [2.24, 2.45) is 0 Å². The van der Waals surface area contributed by atoms with Crippen LogP contribution in [-0.2, 0) is 6.54 Å². The SMILES string of the molecule is CNCc1cccc(F)c1SCC(O)CO. The summed E-state index contributed by atoms with van der Waals surface area (Å²) < 4.78 is 13.5. The summed E-state index contributed by atoms with van der Waals surface area (Å²) in [7, 11) is 1.79. The molecule has 1 aromatic carbocycles. The molecule has 0 radical (unpaired) electrons. The van der Waals surface area contributed by atoms with Crippen LogP contribution in [0.1, 0.15) is 5.56 Å². The van der Waals surface area contributed by atoms with Crippen LogP contribution in [0.15, 0.2) is 23.1 Å². The van der Waals surface area contributed by atoms with E-state index in [0.29, 0.717) is 11.4 Å². The molecule has 16 heavy (non-hydrogen) atoms. The smallest absolute Gasteiger partial charge is 0.137 e. The van der Waals surface area contributed by atoms with Crippen molar-refractivity contribution in [3.8, 4) is 0 Å². The predicted molar refractivity (Wildman–Crippen MR) is 63.0 cm³/mol. The number of hydrogen-bond acceptors (Lipinski definition) is 4. The molecule has 0 heterocycles. The molecule has 0 amide bonds. The maximum Gasteiger partial charge on any atom is 0.137 e. The number of nitrogens with one attached hydrogen (secondary N) is 1. The summed E-state index contributed by atoms with van der Waals surface area (Å²) in [5.74, 6) is -0.00313. The third kappa shape index (κ3) is 3.75. The van der Waals surface area contributed by atoms with Crippen molar-refractivity contribution in [2.75, 3.05) is 19.4 Å². The fourth-order valence-corrected chi connectivity index (χ4v) is 2.27. The van der Waals surface area contributed by atoms with E-state index in [0.717, 1.165) is 5.56 Å². The Hall–Kier alpha value is -0.620. The maximum absolute atomic E-state index is 13.5. The lowest BCUT2D eigenvalue weighted by Gasteiger charge is -2.11. The molecule has 0 aliphatic heterocycles. The highest BCUT2D eigenvalue weighted by Crippen LogP contribution is 2.26. The van der Waals surface area contributed by atoms with Crippen molar-refractivity contribution < 1.29 is 14.6 Å². The lowest BCUT2D eigenvalue weighted by Crippen LogP contribution is -2.15. The molecule has 0 saturated carbocycles. The summed E-state index contributed by atoms with van der Waals surface area (Å²) >= 11 is 1.22. The molecule has 1 aromatic rings. The van der Waals surface area contributed by atoms with E-state index < -0.39 is 6.10 Å². The van der Waals surface area contributed by atoms with E-state index in [9.17, 15) is 9.50 Å². The molecule has 1 rings (SSSR count). The minimum atomic E-state index is -0.813. The van der Waals surface area contributed by atoms with Gasteiger partial charge in [0.15, 0.2) is 0 Å². The Bertz CT molecular complexity index is 336. The van der Waals surface area contributed by atoms with Crippen LogP contribution in [0.4, 0.5) is 4.39 Å². The largest absolute Gasteiger partial charge is 0.394 e. The van der Waals surface area contributed by atoms with Gasteiger partial charge in [0.2, 0.25) is 0 Å². The van der Waals surface area contributed by atoms with E-state index in [1.165, 1.54) is 17.8 Å². The van der Waals surface area contributed by atoms with Gasteiger partial charge in [-0.3, -0.25) is 0 Å². The van der Waals surface area contributed by atoms with Crippen molar-refractivity contribution in [3.05, 3.63) is 29.6 Å². The summed E-state index contributed by atoms with van der Waals surface area (Å²) in [5.41, 5.74) is 0.859. The third-order valence-corrected chi connectivity index (χ3v) is 3.34. The van der Waals surface area contributed by atoms with Gasteiger partial charge in [0, 0.05) is 17.2 Å². The van der Waals surface area contributed by atoms with Gasteiger partial charge in [-0.2, -0.15) is 0 Å². The monoisotopic (exact) mass is 245 g/mol. The second kappa shape index (κ2) is 6.85. The first-order valence-corrected chi connectivity index (χ1v) is 6.01. The Kier molecular flexibility index (Phi) is 5.76. The molecule has 0 bridgehead atoms.